The first-order valence-corrected chi connectivity index (χ1v) is 11.3. The number of nitro groups is 1. The molecule has 2 unspecified atom stereocenters. The lowest BCUT2D eigenvalue weighted by molar-refractivity contribution is -0.384. The Hall–Kier alpha value is -4.18. The van der Waals surface area contributed by atoms with E-state index < -0.39 is 28.9 Å². The monoisotopic (exact) mass is 495 g/mol. The molecule has 0 saturated heterocycles. The summed E-state index contributed by atoms with van der Waals surface area (Å²) in [6, 6.07) is 13.1. The predicted molar refractivity (Wildman–Crippen MR) is 133 cm³/mol. The fourth-order valence-corrected chi connectivity index (χ4v) is 4.29. The Balaban J connectivity index is 2.04. The number of esters is 2. The largest absolute Gasteiger partial charge is 0.466 e. The minimum Gasteiger partial charge on any atom is -0.466 e. The first-order valence-electron chi connectivity index (χ1n) is 11.3. The lowest BCUT2D eigenvalue weighted by Crippen LogP contribution is -2.32. The maximum absolute atomic E-state index is 13.6. The summed E-state index contributed by atoms with van der Waals surface area (Å²) in [5, 5.41) is 26.7. The Kier molecular flexibility index (Phi) is 8.44. The molecule has 2 atom stereocenters. The van der Waals surface area contributed by atoms with Gasteiger partial charge in [-0.05, 0) is 32.4 Å². The zero-order chi connectivity index (χ0) is 26.4. The zero-order valence-electron chi connectivity index (χ0n) is 20.5. The molecule has 10 nitrogen and oxygen atoms in total. The molecule has 1 aliphatic rings. The number of ether oxygens (including phenoxy) is 2. The van der Waals surface area contributed by atoms with Gasteiger partial charge in [0.15, 0.2) is 0 Å². The Morgan fingerprint density at radius 2 is 1.78 bits per heavy atom. The molecule has 2 aromatic carbocycles. The number of carbonyl (C=O) groups excluding carboxylic acids is 2. The molecule has 3 rings (SSSR count). The lowest BCUT2D eigenvalue weighted by atomic mass is 9.80. The zero-order valence-corrected chi connectivity index (χ0v) is 20.5. The second-order valence-electron chi connectivity index (χ2n) is 8.26. The van der Waals surface area contributed by atoms with Crippen LogP contribution in [0.4, 0.5) is 11.4 Å². The van der Waals surface area contributed by atoms with E-state index in [4.69, 9.17) is 14.6 Å². The van der Waals surface area contributed by atoms with Crippen LogP contribution in [0.2, 0.25) is 0 Å². The van der Waals surface area contributed by atoms with Gasteiger partial charge in [-0.15, -0.1) is 0 Å². The Bertz CT molecular complexity index is 1240. The van der Waals surface area contributed by atoms with Gasteiger partial charge in [0.1, 0.15) is 6.10 Å². The fraction of sp³-hybridized carbons (Fsp3) is 0.308. The maximum atomic E-state index is 13.6. The number of para-hydroxylation sites is 1. The fourth-order valence-electron chi connectivity index (χ4n) is 4.29. The van der Waals surface area contributed by atoms with Gasteiger partial charge < -0.3 is 25.2 Å². The van der Waals surface area contributed by atoms with Crippen LogP contribution in [0.25, 0.3) is 0 Å². The van der Waals surface area contributed by atoms with E-state index in [0.717, 1.165) is 0 Å². The highest BCUT2D eigenvalue weighted by molar-refractivity contribution is 6.00. The normalized spacial score (nSPS) is 16.2. The topological polar surface area (TPSA) is 140 Å². The minimum absolute atomic E-state index is 0.0624. The molecule has 0 fully saturated rings. The van der Waals surface area contributed by atoms with Gasteiger partial charge in [0.25, 0.3) is 5.69 Å². The van der Waals surface area contributed by atoms with Crippen LogP contribution in [0.15, 0.2) is 71.1 Å². The van der Waals surface area contributed by atoms with Crippen LogP contribution in [-0.2, 0) is 19.1 Å². The molecule has 36 heavy (non-hydrogen) atoms. The van der Waals surface area contributed by atoms with E-state index >= 15 is 0 Å². The Labute approximate surface area is 208 Å². The van der Waals surface area contributed by atoms with Gasteiger partial charge in [-0.25, -0.2) is 9.59 Å². The number of rotatable bonds is 9. The molecule has 0 aliphatic carbocycles. The van der Waals surface area contributed by atoms with E-state index in [1.54, 1.807) is 32.9 Å². The summed E-state index contributed by atoms with van der Waals surface area (Å²) in [7, 11) is 1.23. The standard InChI is InChI=1S/C26H29N3O7/c1-15-22(25(31)35-4)24(18-8-7-9-19(14-18)29(33)34)23(16(2)28-15)26(32)36-17(3)20-10-5-6-11-21(20)27-12-13-30/h5-11,14,17,24,27-28,30H,12-13H2,1-4H3. The summed E-state index contributed by atoms with van der Waals surface area (Å²) < 4.78 is 10.8. The van der Waals surface area contributed by atoms with Crippen molar-refractivity contribution in [2.45, 2.75) is 32.8 Å². The smallest absolute Gasteiger partial charge is 0.337 e. The number of hydrogen-bond donors (Lipinski definition) is 3. The van der Waals surface area contributed by atoms with Gasteiger partial charge in [-0.1, -0.05) is 30.3 Å². The highest BCUT2D eigenvalue weighted by Crippen LogP contribution is 2.41. The third-order valence-corrected chi connectivity index (χ3v) is 5.91. The molecule has 0 amide bonds. The average molecular weight is 496 g/mol. The molecule has 0 aromatic heterocycles. The third kappa shape index (κ3) is 5.55. The molecule has 0 saturated carbocycles. The van der Waals surface area contributed by atoms with Crippen molar-refractivity contribution in [3.63, 3.8) is 0 Å². The number of allylic oxidation sites excluding steroid dienone is 2. The SMILES string of the molecule is COC(=O)C1=C(C)NC(C)=C(C(=O)OC(C)c2ccccc2NCCO)C1c1cccc([N+](=O)[O-])c1. The number of nitro benzene ring substituents is 1. The summed E-state index contributed by atoms with van der Waals surface area (Å²) in [5.74, 6) is -2.29. The number of methoxy groups -OCH3 is 1. The summed E-state index contributed by atoms with van der Waals surface area (Å²) in [6.45, 7) is 5.34. The van der Waals surface area contributed by atoms with Gasteiger partial charge >= 0.3 is 11.9 Å². The van der Waals surface area contributed by atoms with Crippen LogP contribution >= 0.6 is 0 Å². The predicted octanol–water partition coefficient (Wildman–Crippen LogP) is 3.71. The Morgan fingerprint density at radius 1 is 1.11 bits per heavy atom. The lowest BCUT2D eigenvalue weighted by Gasteiger charge is -2.31. The van der Waals surface area contributed by atoms with Crippen LogP contribution in [0.5, 0.6) is 0 Å². The number of benzene rings is 2. The van der Waals surface area contributed by atoms with E-state index in [9.17, 15) is 19.7 Å². The number of dihydropyridines is 1. The highest BCUT2D eigenvalue weighted by atomic mass is 16.6. The molecule has 190 valence electrons. The van der Waals surface area contributed by atoms with Crippen LogP contribution in [0.1, 0.15) is 43.9 Å². The van der Waals surface area contributed by atoms with E-state index in [2.05, 4.69) is 10.6 Å². The number of hydrogen-bond acceptors (Lipinski definition) is 9. The van der Waals surface area contributed by atoms with E-state index in [0.29, 0.717) is 34.8 Å². The number of nitrogens with one attached hydrogen (secondary N) is 2. The number of nitrogens with zero attached hydrogens (tertiary/aromatic N) is 1. The van der Waals surface area contributed by atoms with Gasteiger partial charge in [0.05, 0.1) is 35.7 Å². The number of anilines is 1. The maximum Gasteiger partial charge on any atom is 0.337 e. The molecule has 0 radical (unpaired) electrons. The summed E-state index contributed by atoms with van der Waals surface area (Å²) in [5.41, 5.74) is 2.86. The Morgan fingerprint density at radius 3 is 2.42 bits per heavy atom. The van der Waals surface area contributed by atoms with Crippen molar-refractivity contribution in [1.82, 2.24) is 5.32 Å². The van der Waals surface area contributed by atoms with Gasteiger partial charge in [-0.2, -0.15) is 0 Å². The van der Waals surface area contributed by atoms with Crippen molar-refractivity contribution < 1.29 is 29.1 Å². The molecule has 0 bridgehead atoms. The van der Waals surface area contributed by atoms with Gasteiger partial charge in [-0.3, -0.25) is 10.1 Å². The summed E-state index contributed by atoms with van der Waals surface area (Å²) in [6.07, 6.45) is -0.681. The molecular weight excluding hydrogens is 466 g/mol. The first-order chi connectivity index (χ1) is 17.2. The molecule has 0 spiro atoms. The second-order valence-corrected chi connectivity index (χ2v) is 8.26. The molecule has 2 aromatic rings. The molecule has 1 heterocycles. The second kappa shape index (κ2) is 11.5. The number of aliphatic hydroxyl groups is 1. The number of aliphatic hydroxyl groups excluding tert-OH is 1. The van der Waals surface area contributed by atoms with Crippen LogP contribution < -0.4 is 10.6 Å². The number of carbonyl (C=O) groups is 2. The molecular formula is C26H29N3O7. The first kappa shape index (κ1) is 26.4. The molecule has 10 heteroatoms. The van der Waals surface area contributed by atoms with Gasteiger partial charge in [0, 0.05) is 41.3 Å². The highest BCUT2D eigenvalue weighted by Gasteiger charge is 2.39. The van der Waals surface area contributed by atoms with Crippen molar-refractivity contribution in [2.24, 2.45) is 0 Å². The number of non-ortho nitro benzene ring substituents is 1. The van der Waals surface area contributed by atoms with Crippen molar-refractivity contribution in [3.05, 3.63) is 92.3 Å². The summed E-state index contributed by atoms with van der Waals surface area (Å²) >= 11 is 0. The van der Waals surface area contributed by atoms with Gasteiger partial charge in [0.2, 0.25) is 0 Å². The van der Waals surface area contributed by atoms with E-state index in [1.807, 2.05) is 18.2 Å². The molecule has 3 N–H and O–H groups in total. The van der Waals surface area contributed by atoms with E-state index in [-0.39, 0.29) is 23.4 Å². The van der Waals surface area contributed by atoms with Crippen molar-refractivity contribution >= 4 is 23.3 Å². The van der Waals surface area contributed by atoms with Crippen LogP contribution in [0.3, 0.4) is 0 Å². The van der Waals surface area contributed by atoms with Crippen LogP contribution in [0, 0.1) is 10.1 Å². The third-order valence-electron chi connectivity index (χ3n) is 5.91. The van der Waals surface area contributed by atoms with Crippen molar-refractivity contribution in [2.75, 3.05) is 25.6 Å². The van der Waals surface area contributed by atoms with E-state index in [1.165, 1.54) is 25.3 Å². The summed E-state index contributed by atoms with van der Waals surface area (Å²) in [4.78, 5) is 37.3. The quantitative estimate of drug-likeness (QED) is 0.270. The molecule has 1 aliphatic heterocycles. The van der Waals surface area contributed by atoms with Crippen molar-refractivity contribution in [1.29, 1.82) is 0 Å². The van der Waals surface area contributed by atoms with Crippen LogP contribution in [-0.4, -0.2) is 42.2 Å². The van der Waals surface area contributed by atoms with Crippen molar-refractivity contribution in [3.8, 4) is 0 Å². The average Bonchev–Trinajstić information content (AvgIpc) is 2.86. The minimum atomic E-state index is -0.943.